The molecule has 0 saturated heterocycles. The Morgan fingerprint density at radius 2 is 2.12 bits per heavy atom. The monoisotopic (exact) mass is 317 g/mol. The van der Waals surface area contributed by atoms with E-state index in [1.165, 1.54) is 0 Å². The highest BCUT2D eigenvalue weighted by molar-refractivity contribution is 9.10. The average molecular weight is 319 g/mol. The number of ether oxygens (including phenoxy) is 1. The molecule has 0 aliphatic carbocycles. The Hall–Kier alpha value is -0.600. The number of halogens is 2. The molecule has 0 saturated carbocycles. The van der Waals surface area contributed by atoms with Crippen LogP contribution < -0.4 is 0 Å². The van der Waals surface area contributed by atoms with Gasteiger partial charge in [-0.05, 0) is 32.0 Å². The lowest BCUT2D eigenvalue weighted by Gasteiger charge is -2.20. The van der Waals surface area contributed by atoms with Crippen LogP contribution in [0.2, 0.25) is 5.02 Å². The van der Waals surface area contributed by atoms with Gasteiger partial charge in [0.1, 0.15) is 0 Å². The third-order valence-electron chi connectivity index (χ3n) is 2.39. The van der Waals surface area contributed by atoms with Crippen molar-refractivity contribution in [3.8, 4) is 6.07 Å². The summed E-state index contributed by atoms with van der Waals surface area (Å²) >= 11 is 9.33. The van der Waals surface area contributed by atoms with Crippen LogP contribution in [0.5, 0.6) is 0 Å². The second kappa shape index (κ2) is 6.36. The van der Waals surface area contributed by atoms with Crippen molar-refractivity contribution in [1.29, 1.82) is 5.26 Å². The quantitative estimate of drug-likeness (QED) is 0.925. The van der Waals surface area contributed by atoms with Crippen molar-refractivity contribution in [1.82, 2.24) is 0 Å². The summed E-state index contributed by atoms with van der Waals surface area (Å²) < 4.78 is 6.29. The molecule has 1 rings (SSSR count). The van der Waals surface area contributed by atoms with Gasteiger partial charge in [0.15, 0.2) is 6.10 Å². The molecule has 0 heterocycles. The van der Waals surface area contributed by atoms with E-state index in [9.17, 15) is 5.11 Å². The number of rotatable bonds is 4. The van der Waals surface area contributed by atoms with Crippen LogP contribution in [0.25, 0.3) is 0 Å². The van der Waals surface area contributed by atoms with Crippen LogP contribution in [0.4, 0.5) is 0 Å². The topological polar surface area (TPSA) is 53.2 Å². The summed E-state index contributed by atoms with van der Waals surface area (Å²) in [6.45, 7) is 3.32. The second-order valence-electron chi connectivity index (χ2n) is 3.76. The Morgan fingerprint density at radius 3 is 2.65 bits per heavy atom. The van der Waals surface area contributed by atoms with Gasteiger partial charge >= 0.3 is 0 Å². The molecule has 0 aliphatic rings. The van der Waals surface area contributed by atoms with E-state index in [0.29, 0.717) is 10.6 Å². The van der Waals surface area contributed by atoms with Crippen LogP contribution in [0, 0.1) is 11.3 Å². The molecule has 3 atom stereocenters. The first-order chi connectivity index (χ1) is 7.95. The zero-order chi connectivity index (χ0) is 13.0. The van der Waals surface area contributed by atoms with Crippen LogP contribution in [0.1, 0.15) is 25.5 Å². The number of benzene rings is 1. The van der Waals surface area contributed by atoms with Crippen molar-refractivity contribution in [2.75, 3.05) is 0 Å². The van der Waals surface area contributed by atoms with Crippen LogP contribution in [0.15, 0.2) is 22.7 Å². The third kappa shape index (κ3) is 3.97. The van der Waals surface area contributed by atoms with E-state index < -0.39 is 18.3 Å². The van der Waals surface area contributed by atoms with Gasteiger partial charge in [-0.25, -0.2) is 0 Å². The Bertz CT molecular complexity index is 431. The number of nitriles is 1. The molecular formula is C12H13BrClNO2. The van der Waals surface area contributed by atoms with Gasteiger partial charge in [-0.3, -0.25) is 0 Å². The fourth-order valence-corrected chi connectivity index (χ4v) is 1.81. The van der Waals surface area contributed by atoms with E-state index in [2.05, 4.69) is 15.9 Å². The maximum absolute atomic E-state index is 9.36. The fraction of sp³-hybridized carbons (Fsp3) is 0.417. The van der Waals surface area contributed by atoms with Crippen molar-refractivity contribution < 1.29 is 9.84 Å². The summed E-state index contributed by atoms with van der Waals surface area (Å²) in [6, 6.07) is 7.26. The van der Waals surface area contributed by atoms with Gasteiger partial charge in [0.05, 0.1) is 18.3 Å². The molecule has 3 unspecified atom stereocenters. The largest absolute Gasteiger partial charge is 0.391 e. The van der Waals surface area contributed by atoms with Crippen LogP contribution in [-0.2, 0) is 4.74 Å². The molecule has 0 fully saturated rings. The minimum Gasteiger partial charge on any atom is -0.391 e. The number of hydrogen-bond acceptors (Lipinski definition) is 3. The summed E-state index contributed by atoms with van der Waals surface area (Å²) in [5.74, 6) is 0. The summed E-state index contributed by atoms with van der Waals surface area (Å²) in [7, 11) is 0. The van der Waals surface area contributed by atoms with Gasteiger partial charge in [0.25, 0.3) is 0 Å². The number of aliphatic hydroxyl groups is 1. The summed E-state index contributed by atoms with van der Waals surface area (Å²) in [4.78, 5) is 0. The van der Waals surface area contributed by atoms with Gasteiger partial charge < -0.3 is 9.84 Å². The lowest BCUT2D eigenvalue weighted by Crippen LogP contribution is -2.24. The zero-order valence-corrected chi connectivity index (χ0v) is 11.9. The van der Waals surface area contributed by atoms with Gasteiger partial charge in [0.2, 0.25) is 0 Å². The summed E-state index contributed by atoms with van der Waals surface area (Å²) in [5.41, 5.74) is 0.594. The van der Waals surface area contributed by atoms with E-state index in [4.69, 9.17) is 21.6 Å². The van der Waals surface area contributed by atoms with E-state index in [-0.39, 0.29) is 0 Å². The van der Waals surface area contributed by atoms with Crippen molar-refractivity contribution in [3.05, 3.63) is 33.3 Å². The molecule has 0 radical (unpaired) electrons. The number of hydrogen-bond donors (Lipinski definition) is 1. The predicted octanol–water partition coefficient (Wildman–Crippen LogP) is 3.45. The molecule has 0 spiro atoms. The molecule has 92 valence electrons. The molecule has 0 aromatic heterocycles. The maximum Gasteiger partial charge on any atom is 0.171 e. The summed E-state index contributed by atoms with van der Waals surface area (Å²) in [5, 5.41) is 18.9. The van der Waals surface area contributed by atoms with Gasteiger partial charge in [-0.2, -0.15) is 5.26 Å². The van der Waals surface area contributed by atoms with E-state index in [0.717, 1.165) is 4.47 Å². The van der Waals surface area contributed by atoms with Gasteiger partial charge in [0, 0.05) is 15.1 Å². The lowest BCUT2D eigenvalue weighted by atomic mass is 10.1. The van der Waals surface area contributed by atoms with Crippen LogP contribution >= 0.6 is 27.5 Å². The first-order valence-electron chi connectivity index (χ1n) is 5.13. The molecule has 0 aliphatic heterocycles. The van der Waals surface area contributed by atoms with Crippen molar-refractivity contribution >= 4 is 27.5 Å². The van der Waals surface area contributed by atoms with E-state index in [1.54, 1.807) is 32.0 Å². The molecule has 5 heteroatoms. The smallest absolute Gasteiger partial charge is 0.171 e. The highest BCUT2D eigenvalue weighted by atomic mass is 79.9. The Labute approximate surface area is 114 Å². The molecule has 1 aromatic rings. The first kappa shape index (κ1) is 14.5. The lowest BCUT2D eigenvalue weighted by molar-refractivity contribution is -0.0425. The zero-order valence-electron chi connectivity index (χ0n) is 9.52. The Morgan fingerprint density at radius 1 is 1.47 bits per heavy atom. The van der Waals surface area contributed by atoms with Gasteiger partial charge in [-0.15, -0.1) is 0 Å². The molecular weight excluding hydrogens is 305 g/mol. The normalized spacial score (nSPS) is 16.0. The molecule has 3 nitrogen and oxygen atoms in total. The highest BCUT2D eigenvalue weighted by Gasteiger charge is 2.20. The Balaban J connectivity index is 2.95. The second-order valence-corrected chi connectivity index (χ2v) is 5.08. The standard InChI is InChI=1S/C12H13BrClNO2/c1-7(16)8(2)17-12(6-15)10-5-9(13)3-4-11(10)14/h3-5,7-8,12,16H,1-2H3. The summed E-state index contributed by atoms with van der Waals surface area (Å²) in [6.07, 6.45) is -1.86. The molecule has 0 amide bonds. The van der Waals surface area contributed by atoms with Crippen molar-refractivity contribution in [3.63, 3.8) is 0 Å². The average Bonchev–Trinajstić information content (AvgIpc) is 2.29. The number of aliphatic hydroxyl groups excluding tert-OH is 1. The SMILES string of the molecule is CC(O)C(C)OC(C#N)c1cc(Br)ccc1Cl. The Kier molecular flexibility index (Phi) is 5.41. The van der Waals surface area contributed by atoms with Crippen molar-refractivity contribution in [2.24, 2.45) is 0 Å². The first-order valence-corrected chi connectivity index (χ1v) is 6.31. The highest BCUT2D eigenvalue weighted by Crippen LogP contribution is 2.29. The van der Waals surface area contributed by atoms with E-state index >= 15 is 0 Å². The van der Waals surface area contributed by atoms with Crippen molar-refractivity contribution in [2.45, 2.75) is 32.2 Å². The number of nitrogens with zero attached hydrogens (tertiary/aromatic N) is 1. The fourth-order valence-electron chi connectivity index (χ4n) is 1.22. The third-order valence-corrected chi connectivity index (χ3v) is 3.23. The molecule has 0 bridgehead atoms. The molecule has 1 aromatic carbocycles. The van der Waals surface area contributed by atoms with E-state index in [1.807, 2.05) is 6.07 Å². The minimum atomic E-state index is -0.787. The minimum absolute atomic E-state index is 0.435. The molecule has 1 N–H and O–H groups in total. The predicted molar refractivity (Wildman–Crippen MR) is 69.7 cm³/mol. The van der Waals surface area contributed by atoms with Gasteiger partial charge in [-0.1, -0.05) is 27.5 Å². The van der Waals surface area contributed by atoms with Crippen LogP contribution in [-0.4, -0.2) is 17.3 Å². The van der Waals surface area contributed by atoms with Crippen LogP contribution in [0.3, 0.4) is 0 Å². The molecule has 17 heavy (non-hydrogen) atoms. The maximum atomic E-state index is 9.36.